The number of nitrogens with zero attached hydrogens (tertiary/aromatic N) is 5. The number of aromatic nitrogens is 3. The Hall–Kier alpha value is -2.97. The first-order chi connectivity index (χ1) is 18.6. The number of piperidine rings is 1. The van der Waals surface area contributed by atoms with Crippen molar-refractivity contribution in [2.75, 3.05) is 32.8 Å². The minimum absolute atomic E-state index is 0.304. The van der Waals surface area contributed by atoms with Gasteiger partial charge >= 0.3 is 0 Å². The minimum atomic E-state index is 0.304. The maximum Gasteiger partial charge on any atom is 0.213 e. The Morgan fingerprint density at radius 3 is 2.58 bits per heavy atom. The molecule has 1 saturated carbocycles. The zero-order valence-corrected chi connectivity index (χ0v) is 22.7. The Labute approximate surface area is 225 Å². The van der Waals surface area contributed by atoms with Crippen molar-refractivity contribution in [2.24, 2.45) is 4.99 Å². The number of aliphatic imine (C=N–C) groups is 1. The Bertz CT molecular complexity index is 1250. The molecule has 0 bridgehead atoms. The zero-order valence-electron chi connectivity index (χ0n) is 22.7. The predicted octanol–water partition coefficient (Wildman–Crippen LogP) is 4.55. The second kappa shape index (κ2) is 11.4. The van der Waals surface area contributed by atoms with Crippen molar-refractivity contribution in [2.45, 2.75) is 76.5 Å². The monoisotopic (exact) mass is 516 g/mol. The van der Waals surface area contributed by atoms with Crippen LogP contribution in [0.5, 0.6) is 5.88 Å². The van der Waals surface area contributed by atoms with Gasteiger partial charge in [-0.25, -0.2) is 9.50 Å². The number of hydrogen-bond donors (Lipinski definition) is 1. The van der Waals surface area contributed by atoms with Crippen LogP contribution < -0.4 is 10.1 Å². The number of pyridine rings is 2. The van der Waals surface area contributed by atoms with E-state index in [1.807, 2.05) is 10.6 Å². The van der Waals surface area contributed by atoms with Crippen molar-refractivity contribution < 1.29 is 9.47 Å². The number of likely N-dealkylation sites (tertiary alicyclic amines) is 1. The third-order valence-corrected chi connectivity index (χ3v) is 7.81. The molecule has 38 heavy (non-hydrogen) atoms. The highest BCUT2D eigenvalue weighted by Gasteiger charge is 2.27. The summed E-state index contributed by atoms with van der Waals surface area (Å²) in [6, 6.07) is 15.1. The average molecular weight is 517 g/mol. The fraction of sp³-hybridized carbons (Fsp3) is 0.567. The van der Waals surface area contributed by atoms with Crippen LogP contribution in [0.3, 0.4) is 0 Å². The van der Waals surface area contributed by atoms with E-state index in [0.29, 0.717) is 36.5 Å². The lowest BCUT2D eigenvalue weighted by molar-refractivity contribution is -0.0433. The topological polar surface area (TPSA) is 76.3 Å². The van der Waals surface area contributed by atoms with E-state index in [1.165, 1.54) is 18.5 Å². The Kier molecular flexibility index (Phi) is 7.60. The third-order valence-electron chi connectivity index (χ3n) is 7.81. The molecule has 1 N–H and O–H groups in total. The van der Waals surface area contributed by atoms with E-state index in [1.54, 1.807) is 0 Å². The van der Waals surface area contributed by atoms with E-state index in [0.717, 1.165) is 74.8 Å². The average Bonchev–Trinajstić information content (AvgIpc) is 3.65. The summed E-state index contributed by atoms with van der Waals surface area (Å²) in [4.78, 5) is 12.3. The van der Waals surface area contributed by atoms with Crippen LogP contribution in [0.25, 0.3) is 5.52 Å². The van der Waals surface area contributed by atoms with Gasteiger partial charge in [-0.15, -0.1) is 0 Å². The molecule has 0 radical (unpaired) electrons. The van der Waals surface area contributed by atoms with Crippen molar-refractivity contribution in [1.29, 1.82) is 0 Å². The van der Waals surface area contributed by atoms with Crippen molar-refractivity contribution in [1.82, 2.24) is 24.8 Å². The van der Waals surface area contributed by atoms with E-state index < -0.39 is 0 Å². The number of rotatable bonds is 10. The van der Waals surface area contributed by atoms with E-state index in [-0.39, 0.29) is 0 Å². The fourth-order valence-corrected chi connectivity index (χ4v) is 5.38. The highest BCUT2D eigenvalue weighted by atomic mass is 16.5. The summed E-state index contributed by atoms with van der Waals surface area (Å²) >= 11 is 0. The molecule has 0 amide bonds. The van der Waals surface area contributed by atoms with E-state index >= 15 is 0 Å². The normalized spacial score (nSPS) is 21.1. The highest BCUT2D eigenvalue weighted by Crippen LogP contribution is 2.39. The van der Waals surface area contributed by atoms with Gasteiger partial charge in [-0.3, -0.25) is 9.89 Å². The minimum Gasteiger partial charge on any atom is -0.471 e. The summed E-state index contributed by atoms with van der Waals surface area (Å²) in [5.41, 5.74) is 4.52. The van der Waals surface area contributed by atoms with Crippen LogP contribution in [0.15, 0.2) is 47.5 Å². The fourth-order valence-electron chi connectivity index (χ4n) is 5.38. The molecule has 5 heterocycles. The lowest BCUT2D eigenvalue weighted by Gasteiger charge is -2.32. The first kappa shape index (κ1) is 25.3. The Balaban J connectivity index is 1.04. The summed E-state index contributed by atoms with van der Waals surface area (Å²) in [5, 5.41) is 8.39. The van der Waals surface area contributed by atoms with Crippen LogP contribution in [0.1, 0.15) is 74.9 Å². The lowest BCUT2D eigenvalue weighted by atomic mass is 9.93. The van der Waals surface area contributed by atoms with Gasteiger partial charge in [0.1, 0.15) is 12.4 Å². The molecular formula is C30H40N6O2. The summed E-state index contributed by atoms with van der Waals surface area (Å²) in [5.74, 6) is 2.86. The molecule has 2 saturated heterocycles. The number of nitrogens with one attached hydrogen (secondary N) is 1. The molecular weight excluding hydrogens is 476 g/mol. The molecule has 3 aromatic rings. The summed E-state index contributed by atoms with van der Waals surface area (Å²) < 4.78 is 13.7. The number of fused-ring (bicyclic) bond motifs is 1. The first-order valence-electron chi connectivity index (χ1n) is 14.3. The van der Waals surface area contributed by atoms with Gasteiger partial charge in [-0.05, 0) is 83.3 Å². The summed E-state index contributed by atoms with van der Waals surface area (Å²) in [6.45, 7) is 9.39. The van der Waals surface area contributed by atoms with E-state index in [9.17, 15) is 0 Å². The number of amidine groups is 1. The van der Waals surface area contributed by atoms with Crippen LogP contribution >= 0.6 is 0 Å². The molecule has 0 aromatic carbocycles. The molecule has 2 aliphatic heterocycles. The second-order valence-corrected chi connectivity index (χ2v) is 11.3. The van der Waals surface area contributed by atoms with Crippen LogP contribution in [0.2, 0.25) is 0 Å². The second-order valence-electron chi connectivity index (χ2n) is 11.3. The molecule has 3 fully saturated rings. The van der Waals surface area contributed by atoms with Crippen molar-refractivity contribution in [3.05, 3.63) is 59.5 Å². The zero-order chi connectivity index (χ0) is 25.9. The van der Waals surface area contributed by atoms with Gasteiger partial charge in [0.15, 0.2) is 0 Å². The molecule has 1 atom stereocenters. The molecule has 6 rings (SSSR count). The van der Waals surface area contributed by atoms with Gasteiger partial charge in [-0.1, -0.05) is 12.1 Å². The molecule has 202 valence electrons. The van der Waals surface area contributed by atoms with Gasteiger partial charge < -0.3 is 14.8 Å². The summed E-state index contributed by atoms with van der Waals surface area (Å²) in [6.07, 6.45) is 6.12. The van der Waals surface area contributed by atoms with Gasteiger partial charge in [0.2, 0.25) is 5.88 Å². The maximum absolute atomic E-state index is 6.17. The molecule has 8 nitrogen and oxygen atoms in total. The number of hydrogen-bond acceptors (Lipinski definition) is 6. The highest BCUT2D eigenvalue weighted by molar-refractivity contribution is 5.84. The first-order valence-corrected chi connectivity index (χ1v) is 14.3. The molecule has 0 unspecified atom stereocenters. The number of ether oxygens (including phenoxy) is 2. The van der Waals surface area contributed by atoms with Gasteiger partial charge in [0.05, 0.1) is 36.1 Å². The quantitative estimate of drug-likeness (QED) is 0.315. The van der Waals surface area contributed by atoms with Crippen molar-refractivity contribution in [3.8, 4) is 5.88 Å². The van der Waals surface area contributed by atoms with Crippen LogP contribution in [-0.4, -0.2) is 70.3 Å². The van der Waals surface area contributed by atoms with E-state index in [4.69, 9.17) is 24.5 Å². The lowest BCUT2D eigenvalue weighted by Crippen LogP contribution is -2.44. The Morgan fingerprint density at radius 1 is 1.05 bits per heavy atom. The van der Waals surface area contributed by atoms with Gasteiger partial charge in [0, 0.05) is 36.2 Å². The van der Waals surface area contributed by atoms with Gasteiger partial charge in [0.25, 0.3) is 0 Å². The van der Waals surface area contributed by atoms with Crippen LogP contribution in [-0.2, 0) is 11.3 Å². The van der Waals surface area contributed by atoms with Crippen molar-refractivity contribution >= 4 is 11.4 Å². The smallest absolute Gasteiger partial charge is 0.213 e. The summed E-state index contributed by atoms with van der Waals surface area (Å²) in [7, 11) is 0. The molecule has 3 aromatic heterocycles. The molecule has 8 heteroatoms. The third kappa shape index (κ3) is 6.18. The van der Waals surface area contributed by atoms with Crippen LogP contribution in [0.4, 0.5) is 0 Å². The predicted molar refractivity (Wildman–Crippen MR) is 149 cm³/mol. The van der Waals surface area contributed by atoms with Crippen molar-refractivity contribution in [3.63, 3.8) is 0 Å². The maximum atomic E-state index is 6.17. The SMILES string of the molecule is CC(C)NC(CN1CCC(c2cccc(OCc3cccc4cc(C5CC5)nn34)n2)CC1)=NC[C@@H]1CCO1. The molecule has 0 spiro atoms. The van der Waals surface area contributed by atoms with E-state index in [2.05, 4.69) is 60.5 Å². The molecule has 1 aliphatic carbocycles. The molecule has 3 aliphatic rings. The largest absolute Gasteiger partial charge is 0.471 e. The van der Waals surface area contributed by atoms with Gasteiger partial charge in [-0.2, -0.15) is 5.10 Å². The Morgan fingerprint density at radius 2 is 1.84 bits per heavy atom. The van der Waals surface area contributed by atoms with Crippen LogP contribution in [0, 0.1) is 0 Å². The standard InChI is InChI=1S/C30H40N6O2/c1-21(2)32-29(31-18-26-13-16-37-26)19-35-14-11-23(12-15-35)27-7-4-8-30(33-27)38-20-25-6-3-5-24-17-28(22-9-10-22)34-36(24)25/h3-8,17,21-23,26H,9-16,18-20H2,1-2H3,(H,31,32)/t26-/m0/s1.